The van der Waals surface area contributed by atoms with Crippen LogP contribution in [-0.2, 0) is 9.59 Å². The summed E-state index contributed by atoms with van der Waals surface area (Å²) in [4.78, 5) is 30.0. The smallest absolute Gasteiger partial charge is 0.223 e. The van der Waals surface area contributed by atoms with Crippen LogP contribution in [0.1, 0.15) is 26.7 Å². The molecule has 5 nitrogen and oxygen atoms in total. The van der Waals surface area contributed by atoms with Gasteiger partial charge in [-0.3, -0.25) is 9.59 Å². The van der Waals surface area contributed by atoms with E-state index < -0.39 is 0 Å². The highest BCUT2D eigenvalue weighted by Crippen LogP contribution is 2.17. The van der Waals surface area contributed by atoms with Gasteiger partial charge >= 0.3 is 0 Å². The molecule has 0 atom stereocenters. The van der Waals surface area contributed by atoms with Crippen LogP contribution < -0.4 is 4.90 Å². The number of carbonyl (C=O) groups is 2. The summed E-state index contributed by atoms with van der Waals surface area (Å²) < 4.78 is 13.0. The van der Waals surface area contributed by atoms with Crippen molar-refractivity contribution >= 4 is 17.5 Å². The molecular formula is C18H26FN3O2. The highest BCUT2D eigenvalue weighted by molar-refractivity contribution is 5.84. The predicted octanol–water partition coefficient (Wildman–Crippen LogP) is 2.12. The van der Waals surface area contributed by atoms with Crippen LogP contribution in [0.5, 0.6) is 0 Å². The second kappa shape index (κ2) is 8.66. The highest BCUT2D eigenvalue weighted by Gasteiger charge is 2.22. The first-order valence-corrected chi connectivity index (χ1v) is 8.61. The second-order valence-corrected chi connectivity index (χ2v) is 5.91. The molecule has 0 aliphatic carbocycles. The molecule has 1 saturated heterocycles. The Labute approximate surface area is 143 Å². The molecule has 1 aliphatic heterocycles. The molecule has 0 radical (unpaired) electrons. The van der Waals surface area contributed by atoms with Crippen molar-refractivity contribution in [3.05, 3.63) is 30.1 Å². The molecule has 2 rings (SSSR count). The summed E-state index contributed by atoms with van der Waals surface area (Å²) in [5, 5.41) is 0. The second-order valence-electron chi connectivity index (χ2n) is 5.91. The minimum Gasteiger partial charge on any atom is -0.368 e. The van der Waals surface area contributed by atoms with Crippen LogP contribution in [0.2, 0.25) is 0 Å². The van der Waals surface area contributed by atoms with E-state index in [1.54, 1.807) is 17.0 Å². The zero-order valence-electron chi connectivity index (χ0n) is 14.5. The first-order chi connectivity index (χ1) is 11.5. The average molecular weight is 335 g/mol. The number of hydrogen-bond acceptors (Lipinski definition) is 3. The molecule has 2 amide bonds. The Morgan fingerprint density at radius 3 is 2.12 bits per heavy atom. The van der Waals surface area contributed by atoms with E-state index in [0.29, 0.717) is 26.2 Å². The molecule has 1 heterocycles. The molecule has 0 aromatic heterocycles. The lowest BCUT2D eigenvalue weighted by atomic mass is 10.2. The third kappa shape index (κ3) is 4.69. The van der Waals surface area contributed by atoms with Crippen LogP contribution >= 0.6 is 0 Å². The minimum atomic E-state index is -0.245. The van der Waals surface area contributed by atoms with E-state index in [-0.39, 0.29) is 30.5 Å². The summed E-state index contributed by atoms with van der Waals surface area (Å²) in [6.07, 6.45) is 0.546. The quantitative estimate of drug-likeness (QED) is 0.800. The lowest BCUT2D eigenvalue weighted by Crippen LogP contribution is -2.49. The fourth-order valence-electron chi connectivity index (χ4n) is 2.97. The van der Waals surface area contributed by atoms with Crippen molar-refractivity contribution in [2.75, 3.05) is 44.2 Å². The van der Waals surface area contributed by atoms with Gasteiger partial charge in [-0.15, -0.1) is 0 Å². The van der Waals surface area contributed by atoms with Crippen molar-refractivity contribution in [3.8, 4) is 0 Å². The van der Waals surface area contributed by atoms with E-state index in [0.717, 1.165) is 18.8 Å². The van der Waals surface area contributed by atoms with E-state index in [9.17, 15) is 14.0 Å². The Balaban J connectivity index is 1.78. The number of nitrogens with zero attached hydrogens (tertiary/aromatic N) is 3. The highest BCUT2D eigenvalue weighted by atomic mass is 19.1. The molecule has 0 saturated carbocycles. The van der Waals surface area contributed by atoms with E-state index >= 15 is 0 Å². The Morgan fingerprint density at radius 1 is 1.00 bits per heavy atom. The molecule has 1 aromatic rings. The van der Waals surface area contributed by atoms with Crippen molar-refractivity contribution in [1.82, 2.24) is 9.80 Å². The number of rotatable bonds is 6. The first kappa shape index (κ1) is 18.2. The van der Waals surface area contributed by atoms with Crippen molar-refractivity contribution in [2.45, 2.75) is 26.7 Å². The summed E-state index contributed by atoms with van der Waals surface area (Å²) in [6.45, 7) is 7.96. The molecular weight excluding hydrogens is 309 g/mol. The van der Waals surface area contributed by atoms with Gasteiger partial charge < -0.3 is 14.7 Å². The van der Waals surface area contributed by atoms with Gasteiger partial charge in [-0.2, -0.15) is 0 Å². The SMILES string of the molecule is CCN(CC)C(=O)CCC(=O)N1CCN(c2ccc(F)cc2)CC1. The van der Waals surface area contributed by atoms with Gasteiger partial charge in [-0.05, 0) is 38.1 Å². The van der Waals surface area contributed by atoms with Crippen LogP contribution in [0.15, 0.2) is 24.3 Å². The molecule has 1 aliphatic rings. The summed E-state index contributed by atoms with van der Waals surface area (Å²) in [6, 6.07) is 6.42. The predicted molar refractivity (Wildman–Crippen MR) is 92.4 cm³/mol. The number of piperazine rings is 1. The fraction of sp³-hybridized carbons (Fsp3) is 0.556. The van der Waals surface area contributed by atoms with Gasteiger partial charge in [0.25, 0.3) is 0 Å². The summed E-state index contributed by atoms with van der Waals surface area (Å²) in [7, 11) is 0. The average Bonchev–Trinajstić information content (AvgIpc) is 2.61. The normalized spacial score (nSPS) is 14.6. The maximum absolute atomic E-state index is 13.0. The van der Waals surface area contributed by atoms with Gasteiger partial charge in [-0.25, -0.2) is 4.39 Å². The third-order valence-electron chi connectivity index (χ3n) is 4.49. The number of amides is 2. The Kier molecular flexibility index (Phi) is 6.58. The maximum Gasteiger partial charge on any atom is 0.223 e. The molecule has 1 fully saturated rings. The number of halogens is 1. The van der Waals surface area contributed by atoms with Gasteiger partial charge in [0.15, 0.2) is 0 Å². The van der Waals surface area contributed by atoms with Crippen molar-refractivity contribution in [3.63, 3.8) is 0 Å². The van der Waals surface area contributed by atoms with Gasteiger partial charge in [-0.1, -0.05) is 0 Å². The summed E-state index contributed by atoms with van der Waals surface area (Å²) >= 11 is 0. The van der Waals surface area contributed by atoms with Crippen LogP contribution in [0, 0.1) is 5.82 Å². The largest absolute Gasteiger partial charge is 0.368 e. The molecule has 24 heavy (non-hydrogen) atoms. The Morgan fingerprint density at radius 2 is 1.58 bits per heavy atom. The van der Waals surface area contributed by atoms with Crippen LogP contribution in [0.4, 0.5) is 10.1 Å². The lowest BCUT2D eigenvalue weighted by molar-refractivity contribution is -0.137. The summed E-state index contributed by atoms with van der Waals surface area (Å²) in [5.74, 6) is -0.169. The Hall–Kier alpha value is -2.11. The Bertz CT molecular complexity index is 550. The lowest BCUT2D eigenvalue weighted by Gasteiger charge is -2.36. The van der Waals surface area contributed by atoms with Gasteiger partial charge in [0.05, 0.1) is 0 Å². The first-order valence-electron chi connectivity index (χ1n) is 8.61. The number of hydrogen-bond donors (Lipinski definition) is 0. The molecule has 6 heteroatoms. The van der Waals surface area contributed by atoms with Gasteiger partial charge in [0, 0.05) is 57.8 Å². The van der Waals surface area contributed by atoms with Gasteiger partial charge in [0.1, 0.15) is 5.82 Å². The van der Waals surface area contributed by atoms with Crippen LogP contribution in [0.25, 0.3) is 0 Å². The topological polar surface area (TPSA) is 43.9 Å². The van der Waals surface area contributed by atoms with Crippen molar-refractivity contribution in [2.24, 2.45) is 0 Å². The van der Waals surface area contributed by atoms with Crippen molar-refractivity contribution in [1.29, 1.82) is 0 Å². The molecule has 132 valence electrons. The number of benzene rings is 1. The minimum absolute atomic E-state index is 0.0364. The van der Waals surface area contributed by atoms with Crippen molar-refractivity contribution < 1.29 is 14.0 Å². The molecule has 0 unspecified atom stereocenters. The van der Waals surface area contributed by atoms with Crippen LogP contribution in [0.3, 0.4) is 0 Å². The molecule has 0 spiro atoms. The molecule has 1 aromatic carbocycles. The van der Waals surface area contributed by atoms with E-state index in [4.69, 9.17) is 0 Å². The molecule has 0 N–H and O–H groups in total. The summed E-state index contributed by atoms with van der Waals surface area (Å²) in [5.41, 5.74) is 0.972. The van der Waals surface area contributed by atoms with E-state index in [2.05, 4.69) is 4.90 Å². The molecule has 0 bridgehead atoms. The third-order valence-corrected chi connectivity index (χ3v) is 4.49. The fourth-order valence-corrected chi connectivity index (χ4v) is 2.97. The number of anilines is 1. The van der Waals surface area contributed by atoms with Gasteiger partial charge in [0.2, 0.25) is 11.8 Å². The zero-order chi connectivity index (χ0) is 17.5. The number of carbonyl (C=O) groups excluding carboxylic acids is 2. The standard InChI is InChI=1S/C18H26FN3O2/c1-3-20(4-2)17(23)9-10-18(24)22-13-11-21(12-14-22)16-7-5-15(19)6-8-16/h5-8H,3-4,9-14H2,1-2H3. The zero-order valence-corrected chi connectivity index (χ0v) is 14.5. The van der Waals surface area contributed by atoms with E-state index in [1.807, 2.05) is 18.7 Å². The maximum atomic E-state index is 13.0. The van der Waals surface area contributed by atoms with E-state index in [1.165, 1.54) is 12.1 Å². The monoisotopic (exact) mass is 335 g/mol. The van der Waals surface area contributed by atoms with Crippen LogP contribution in [-0.4, -0.2) is 60.9 Å².